The van der Waals surface area contributed by atoms with Crippen LogP contribution < -0.4 is 15.0 Å². The molecular weight excluding hydrogens is 772 g/mol. The van der Waals surface area contributed by atoms with Crippen LogP contribution in [0, 0.1) is 17.7 Å². The topological polar surface area (TPSA) is 183 Å². The minimum absolute atomic E-state index is 0.0296. The number of aromatic nitrogens is 5. The molecule has 17 heteroatoms. The minimum Gasteiger partial charge on any atom is -0.490 e. The van der Waals surface area contributed by atoms with Crippen LogP contribution in [0.1, 0.15) is 65.7 Å². The Labute approximate surface area is 344 Å². The molecule has 4 fully saturated rings. The highest BCUT2D eigenvalue weighted by Gasteiger charge is 2.45. The maximum atomic E-state index is 15.5. The zero-order valence-electron chi connectivity index (χ0n) is 33.0. The van der Waals surface area contributed by atoms with Crippen molar-refractivity contribution in [2.45, 2.75) is 57.1 Å². The predicted molar refractivity (Wildman–Crippen MR) is 215 cm³/mol. The number of fused-ring (bicyclic) bond motifs is 2. The highest BCUT2D eigenvalue weighted by molar-refractivity contribution is 6.23. The number of amides is 4. The Bertz CT molecular complexity index is 2460. The highest BCUT2D eigenvalue weighted by atomic mass is 19.1. The number of piperidine rings is 3. The zero-order chi connectivity index (χ0) is 40.9. The van der Waals surface area contributed by atoms with Gasteiger partial charge in [0.05, 0.1) is 22.2 Å². The van der Waals surface area contributed by atoms with Crippen molar-refractivity contribution in [1.29, 1.82) is 0 Å². The number of carbonyl (C=O) groups excluding carboxylic acids is 4. The molecule has 0 saturated carbocycles. The van der Waals surface area contributed by atoms with Gasteiger partial charge in [-0.25, -0.2) is 4.39 Å². The van der Waals surface area contributed by atoms with E-state index in [9.17, 15) is 19.2 Å². The number of rotatable bonds is 10. The van der Waals surface area contributed by atoms with Crippen LogP contribution in [0.25, 0.3) is 33.6 Å². The van der Waals surface area contributed by atoms with E-state index in [2.05, 4.69) is 40.9 Å². The lowest BCUT2D eigenvalue weighted by Gasteiger charge is -2.38. The normalized spacial score (nSPS) is 22.3. The van der Waals surface area contributed by atoms with Crippen molar-refractivity contribution in [3.63, 3.8) is 0 Å². The molecule has 10 rings (SSSR count). The molecule has 16 nitrogen and oxygen atoms in total. The van der Waals surface area contributed by atoms with E-state index in [1.54, 1.807) is 0 Å². The molecule has 2 N–H and O–H groups in total. The zero-order valence-corrected chi connectivity index (χ0v) is 33.0. The molecular formula is C43H45FN10O6. The number of hydrogen-bond donors (Lipinski definition) is 2. The smallest absolute Gasteiger partial charge is 0.262 e. The molecule has 310 valence electrons. The number of anilines is 1. The van der Waals surface area contributed by atoms with E-state index in [4.69, 9.17) is 9.26 Å². The second kappa shape index (κ2) is 15.8. The number of benzene rings is 3. The Morgan fingerprint density at radius 2 is 1.55 bits per heavy atom. The van der Waals surface area contributed by atoms with Crippen molar-refractivity contribution >= 4 is 40.2 Å². The predicted octanol–water partition coefficient (Wildman–Crippen LogP) is 4.30. The van der Waals surface area contributed by atoms with E-state index in [1.165, 1.54) is 6.07 Å². The van der Waals surface area contributed by atoms with Gasteiger partial charge in [-0.1, -0.05) is 17.3 Å². The first-order valence-corrected chi connectivity index (χ1v) is 20.9. The number of carbonyl (C=O) groups is 4. The van der Waals surface area contributed by atoms with E-state index in [-0.39, 0.29) is 30.1 Å². The summed E-state index contributed by atoms with van der Waals surface area (Å²) in [4.78, 5) is 58.5. The second-order valence-corrected chi connectivity index (χ2v) is 16.8. The van der Waals surface area contributed by atoms with Crippen molar-refractivity contribution < 1.29 is 32.8 Å². The van der Waals surface area contributed by atoms with Gasteiger partial charge in [0.2, 0.25) is 17.6 Å². The number of nitrogens with one attached hydrogen (secondary N) is 2. The van der Waals surface area contributed by atoms with Crippen LogP contribution in [-0.4, -0.2) is 129 Å². The van der Waals surface area contributed by atoms with E-state index in [0.29, 0.717) is 42.2 Å². The Morgan fingerprint density at radius 1 is 0.800 bits per heavy atom. The van der Waals surface area contributed by atoms with E-state index < -0.39 is 35.5 Å². The number of halogens is 1. The Morgan fingerprint density at radius 3 is 2.32 bits per heavy atom. The van der Waals surface area contributed by atoms with Crippen LogP contribution in [0.15, 0.2) is 59.1 Å². The quantitative estimate of drug-likeness (QED) is 0.191. The lowest BCUT2D eigenvalue weighted by atomic mass is 9.94. The van der Waals surface area contributed by atoms with Crippen LogP contribution in [0.2, 0.25) is 0 Å². The van der Waals surface area contributed by atoms with Crippen LogP contribution in [0.4, 0.5) is 10.1 Å². The number of aromatic amines is 1. The largest absolute Gasteiger partial charge is 0.490 e. The summed E-state index contributed by atoms with van der Waals surface area (Å²) in [6, 6.07) is 15.2. The maximum absolute atomic E-state index is 15.5. The molecule has 0 spiro atoms. The summed E-state index contributed by atoms with van der Waals surface area (Å²) in [6.45, 7) is 7.43. The van der Waals surface area contributed by atoms with E-state index in [1.807, 2.05) is 47.4 Å². The van der Waals surface area contributed by atoms with Crippen molar-refractivity contribution in [1.82, 2.24) is 45.8 Å². The molecule has 2 aromatic heterocycles. The fourth-order valence-corrected chi connectivity index (χ4v) is 9.69. The summed E-state index contributed by atoms with van der Waals surface area (Å²) in [5.74, 6) is -0.0203. The van der Waals surface area contributed by atoms with Gasteiger partial charge in [-0.15, -0.1) is 10.2 Å². The fourth-order valence-electron chi connectivity index (χ4n) is 9.69. The van der Waals surface area contributed by atoms with E-state index in [0.717, 1.165) is 110 Å². The summed E-state index contributed by atoms with van der Waals surface area (Å²) < 4.78 is 27.8. The monoisotopic (exact) mass is 816 g/mol. The summed E-state index contributed by atoms with van der Waals surface area (Å²) in [6.07, 6.45) is 5.36. The van der Waals surface area contributed by atoms with Crippen LogP contribution in [0.5, 0.6) is 5.75 Å². The first-order valence-electron chi connectivity index (χ1n) is 20.9. The number of likely N-dealkylation sites (tertiary alicyclic amines) is 2. The van der Waals surface area contributed by atoms with Gasteiger partial charge in [-0.05, 0) is 111 Å². The van der Waals surface area contributed by atoms with Gasteiger partial charge in [0, 0.05) is 56.8 Å². The average Bonchev–Trinajstić information content (AvgIpc) is 4.08. The molecule has 60 heavy (non-hydrogen) atoms. The molecule has 1 unspecified atom stereocenters. The van der Waals surface area contributed by atoms with Crippen molar-refractivity contribution in [3.05, 3.63) is 71.5 Å². The summed E-state index contributed by atoms with van der Waals surface area (Å²) >= 11 is 0. The molecule has 4 amide bonds. The van der Waals surface area contributed by atoms with Crippen LogP contribution >= 0.6 is 0 Å². The Kier molecular flexibility index (Phi) is 10.1. The SMILES string of the molecule is O=C1CCC(N2C(=O)c3cc(F)c(N4CC[C@@H](CN5CCC(CN6CCC(Oc7cccc(-c8onc9ccc(-c%10nn[nH]n%10)cc89)c7)CC6)CC5)C4)cc3C2=O)C(=O)N1. The molecule has 0 bridgehead atoms. The molecule has 5 aliphatic heterocycles. The Balaban J connectivity index is 0.677. The molecule has 3 aromatic carbocycles. The van der Waals surface area contributed by atoms with Gasteiger partial charge >= 0.3 is 0 Å². The van der Waals surface area contributed by atoms with Gasteiger partial charge in [-0.3, -0.25) is 29.4 Å². The molecule has 0 radical (unpaired) electrons. The van der Waals surface area contributed by atoms with Gasteiger partial charge in [0.25, 0.3) is 11.8 Å². The summed E-state index contributed by atoms with van der Waals surface area (Å²) in [7, 11) is 0. The third kappa shape index (κ3) is 7.40. The third-order valence-electron chi connectivity index (χ3n) is 12.9. The number of hydrogen-bond acceptors (Lipinski definition) is 13. The number of H-pyrrole nitrogens is 1. The van der Waals surface area contributed by atoms with Gasteiger partial charge < -0.3 is 24.0 Å². The van der Waals surface area contributed by atoms with E-state index >= 15 is 4.39 Å². The Hall–Kier alpha value is -6.07. The van der Waals surface area contributed by atoms with Crippen LogP contribution in [-0.2, 0) is 9.59 Å². The number of tetrazole rings is 1. The maximum Gasteiger partial charge on any atom is 0.262 e. The molecule has 2 atom stereocenters. The highest BCUT2D eigenvalue weighted by Crippen LogP contribution is 2.36. The standard InChI is InChI=1S/C43H45FN10O6/c44-34-20-31-32(43(58)54(42(31)57)36-6-7-38(55)45-41(36)56)21-37(34)53-17-10-26(24-53)23-51-13-8-25(9-14-51)22-52-15-11-29(12-16-52)59-30-3-1-2-27(18-30)39-33-19-28(40-46-49-50-47-40)4-5-35(33)48-60-39/h1-5,18-21,25-26,29,36H,6-17,22-24H2,(H,45,55,56)(H,46,47,49,50)/t26-,36?/m0/s1. The number of ether oxygens (including phenoxy) is 1. The summed E-state index contributed by atoms with van der Waals surface area (Å²) in [5.41, 5.74) is 2.82. The second-order valence-electron chi connectivity index (χ2n) is 16.8. The number of nitrogens with zero attached hydrogens (tertiary/aromatic N) is 8. The van der Waals surface area contributed by atoms with Crippen LogP contribution in [0.3, 0.4) is 0 Å². The number of imide groups is 2. The molecule has 0 aliphatic carbocycles. The summed E-state index contributed by atoms with van der Waals surface area (Å²) in [5, 5.41) is 21.7. The first-order chi connectivity index (χ1) is 29.2. The third-order valence-corrected chi connectivity index (χ3v) is 12.9. The van der Waals surface area contributed by atoms with Gasteiger partial charge in [0.15, 0.2) is 5.76 Å². The van der Waals surface area contributed by atoms with Crippen molar-refractivity contribution in [2.75, 3.05) is 57.3 Å². The lowest BCUT2D eigenvalue weighted by Crippen LogP contribution is -2.54. The first kappa shape index (κ1) is 38.2. The molecule has 7 heterocycles. The fraction of sp³-hybridized carbons (Fsp3) is 0.442. The molecule has 5 aliphatic rings. The minimum atomic E-state index is -1.08. The van der Waals surface area contributed by atoms with Gasteiger partial charge in [-0.2, -0.15) is 5.21 Å². The average molecular weight is 817 g/mol. The van der Waals surface area contributed by atoms with Crippen molar-refractivity contribution in [2.24, 2.45) is 11.8 Å². The van der Waals surface area contributed by atoms with Gasteiger partial charge in [0.1, 0.15) is 29.2 Å². The molecule has 5 aromatic rings. The van der Waals surface area contributed by atoms with Crippen molar-refractivity contribution in [3.8, 4) is 28.5 Å². The molecule has 4 saturated heterocycles. The lowest BCUT2D eigenvalue weighted by molar-refractivity contribution is -0.136.